The minimum Gasteiger partial charge on any atom is -0.400 e. The molecule has 0 radical (unpaired) electrons. The fourth-order valence-electron chi connectivity index (χ4n) is 3.05. The van der Waals surface area contributed by atoms with Crippen molar-refractivity contribution >= 4 is 13.2 Å². The van der Waals surface area contributed by atoms with Crippen LogP contribution in [0.25, 0.3) is 17.2 Å². The Morgan fingerprint density at radius 1 is 0.923 bits per heavy atom. The van der Waals surface area contributed by atoms with E-state index in [0.29, 0.717) is 6.54 Å². The van der Waals surface area contributed by atoms with Gasteiger partial charge in [-0.3, -0.25) is 0 Å². The van der Waals surface area contributed by atoms with E-state index in [1.165, 1.54) is 11.1 Å². The highest BCUT2D eigenvalue weighted by Gasteiger charge is 2.52. The van der Waals surface area contributed by atoms with Crippen molar-refractivity contribution in [3.8, 4) is 11.1 Å². The van der Waals surface area contributed by atoms with Crippen LogP contribution in [-0.2, 0) is 9.31 Å². The summed E-state index contributed by atoms with van der Waals surface area (Å²) < 4.78 is 12.5. The smallest absolute Gasteiger partial charge is 0.400 e. The van der Waals surface area contributed by atoms with E-state index in [2.05, 4.69) is 87.6 Å². The lowest BCUT2D eigenvalue weighted by Gasteiger charge is -2.32. The first-order valence-corrected chi connectivity index (χ1v) is 9.18. The van der Waals surface area contributed by atoms with Gasteiger partial charge in [-0.05, 0) is 63.0 Å². The number of likely N-dealkylation sites (N-methyl/N-ethyl adjacent to an activating group) is 1. The van der Waals surface area contributed by atoms with Crippen molar-refractivity contribution in [2.75, 3.05) is 13.6 Å². The van der Waals surface area contributed by atoms with Gasteiger partial charge in [-0.1, -0.05) is 54.6 Å². The molecule has 0 atom stereocenters. The van der Waals surface area contributed by atoms with E-state index in [1.807, 2.05) is 13.1 Å². The zero-order chi connectivity index (χ0) is 18.8. The van der Waals surface area contributed by atoms with Crippen molar-refractivity contribution in [2.45, 2.75) is 38.9 Å². The summed E-state index contributed by atoms with van der Waals surface area (Å²) in [6.45, 7) is 9.05. The van der Waals surface area contributed by atoms with Crippen molar-refractivity contribution in [1.82, 2.24) is 5.32 Å². The lowest BCUT2D eigenvalue weighted by Crippen LogP contribution is -2.41. The van der Waals surface area contributed by atoms with Gasteiger partial charge < -0.3 is 14.6 Å². The maximum Gasteiger partial charge on any atom is 0.491 e. The second-order valence-corrected chi connectivity index (χ2v) is 7.83. The van der Waals surface area contributed by atoms with Gasteiger partial charge in [-0.25, -0.2) is 0 Å². The van der Waals surface area contributed by atoms with Crippen LogP contribution in [0.5, 0.6) is 0 Å². The Kier molecular flexibility index (Phi) is 5.38. The zero-order valence-electron chi connectivity index (χ0n) is 16.4. The Balaban J connectivity index is 1.91. The number of hydrogen-bond donors (Lipinski definition) is 1. The summed E-state index contributed by atoms with van der Waals surface area (Å²) in [4.78, 5) is 0. The molecule has 1 N–H and O–H groups in total. The predicted octanol–water partition coefficient (Wildman–Crippen LogP) is 4.59. The molecule has 1 fully saturated rings. The largest absolute Gasteiger partial charge is 0.491 e. The molecule has 2 aromatic rings. The highest BCUT2D eigenvalue weighted by atomic mass is 16.7. The molecule has 1 saturated heterocycles. The van der Waals surface area contributed by atoms with Crippen LogP contribution in [0, 0.1) is 0 Å². The fourth-order valence-corrected chi connectivity index (χ4v) is 3.05. The first-order valence-electron chi connectivity index (χ1n) is 9.18. The average molecular weight is 349 g/mol. The third-order valence-electron chi connectivity index (χ3n) is 5.28. The minimum absolute atomic E-state index is 0.337. The number of hydrogen-bond acceptors (Lipinski definition) is 3. The van der Waals surface area contributed by atoms with Crippen LogP contribution in [0.1, 0.15) is 33.3 Å². The zero-order valence-corrected chi connectivity index (χ0v) is 16.4. The van der Waals surface area contributed by atoms with E-state index in [9.17, 15) is 0 Å². The van der Waals surface area contributed by atoms with Crippen LogP contribution >= 0.6 is 0 Å². The first-order chi connectivity index (χ1) is 12.3. The molecule has 26 heavy (non-hydrogen) atoms. The third kappa shape index (κ3) is 3.93. The van der Waals surface area contributed by atoms with Crippen molar-refractivity contribution in [3.05, 3.63) is 65.6 Å². The van der Waals surface area contributed by atoms with E-state index in [0.717, 1.165) is 11.0 Å². The summed E-state index contributed by atoms with van der Waals surface area (Å²) in [5, 5.41) is 3.24. The summed E-state index contributed by atoms with van der Waals surface area (Å²) >= 11 is 0. The Morgan fingerprint density at radius 3 is 2.15 bits per heavy atom. The van der Waals surface area contributed by atoms with Crippen LogP contribution in [0.2, 0.25) is 0 Å². The van der Waals surface area contributed by atoms with Gasteiger partial charge in [0, 0.05) is 6.54 Å². The summed E-state index contributed by atoms with van der Waals surface area (Å²) in [5.41, 5.74) is 3.99. The topological polar surface area (TPSA) is 30.5 Å². The second-order valence-electron chi connectivity index (χ2n) is 7.83. The van der Waals surface area contributed by atoms with Crippen LogP contribution in [-0.4, -0.2) is 31.9 Å². The van der Waals surface area contributed by atoms with Crippen molar-refractivity contribution in [3.63, 3.8) is 0 Å². The molecule has 0 bridgehead atoms. The Hall–Kier alpha value is -1.88. The highest BCUT2D eigenvalue weighted by molar-refractivity contribution is 6.55. The molecule has 0 aromatic heterocycles. The van der Waals surface area contributed by atoms with Gasteiger partial charge >= 0.3 is 7.12 Å². The molecule has 4 heteroatoms. The third-order valence-corrected chi connectivity index (χ3v) is 5.28. The maximum atomic E-state index is 6.24. The molecule has 136 valence electrons. The van der Waals surface area contributed by atoms with Gasteiger partial charge in [0.15, 0.2) is 0 Å². The van der Waals surface area contributed by atoms with E-state index in [4.69, 9.17) is 9.31 Å². The Morgan fingerprint density at radius 2 is 1.54 bits per heavy atom. The highest BCUT2D eigenvalue weighted by Crippen LogP contribution is 2.38. The Labute approximate surface area is 157 Å². The van der Waals surface area contributed by atoms with Gasteiger partial charge in [0.25, 0.3) is 0 Å². The molecule has 0 amide bonds. The van der Waals surface area contributed by atoms with Gasteiger partial charge in [-0.2, -0.15) is 0 Å². The lowest BCUT2D eigenvalue weighted by molar-refractivity contribution is 0.00578. The monoisotopic (exact) mass is 349 g/mol. The maximum absolute atomic E-state index is 6.24. The van der Waals surface area contributed by atoms with Gasteiger partial charge in [0.1, 0.15) is 0 Å². The standard InChI is InChI=1S/C22H28BNO2/c1-21(2)22(3,4)26-23(25-21)20(16-24-5)15-17-10-9-13-19(14-17)18-11-7-6-8-12-18/h6-15,24H,16H2,1-5H3. The molecule has 1 aliphatic rings. The SMILES string of the molecule is CNCC(=Cc1cccc(-c2ccccc2)c1)B1OC(C)(C)C(C)(C)O1. The van der Waals surface area contributed by atoms with Crippen molar-refractivity contribution in [2.24, 2.45) is 0 Å². The molecule has 3 nitrogen and oxygen atoms in total. The second kappa shape index (κ2) is 7.39. The number of benzene rings is 2. The molecule has 0 aliphatic carbocycles. The van der Waals surface area contributed by atoms with Crippen molar-refractivity contribution < 1.29 is 9.31 Å². The van der Waals surface area contributed by atoms with Crippen molar-refractivity contribution in [1.29, 1.82) is 0 Å². The summed E-state index contributed by atoms with van der Waals surface area (Å²) in [7, 11) is 1.60. The van der Waals surface area contributed by atoms with Crippen LogP contribution in [0.4, 0.5) is 0 Å². The molecule has 2 aromatic carbocycles. The van der Waals surface area contributed by atoms with Crippen LogP contribution < -0.4 is 5.32 Å². The molecular weight excluding hydrogens is 321 g/mol. The number of nitrogens with one attached hydrogen (secondary N) is 1. The summed E-state index contributed by atoms with van der Waals surface area (Å²) in [6.07, 6.45) is 2.17. The normalized spacial score (nSPS) is 19.0. The van der Waals surface area contributed by atoms with Gasteiger partial charge in [0.2, 0.25) is 0 Å². The molecule has 0 unspecified atom stereocenters. The quantitative estimate of drug-likeness (QED) is 0.801. The van der Waals surface area contributed by atoms with Gasteiger partial charge in [0.05, 0.1) is 11.2 Å². The predicted molar refractivity (Wildman–Crippen MR) is 110 cm³/mol. The molecule has 3 rings (SSSR count). The molecule has 1 aliphatic heterocycles. The molecule has 0 spiro atoms. The fraction of sp³-hybridized carbons (Fsp3) is 0.364. The van der Waals surface area contributed by atoms with E-state index in [-0.39, 0.29) is 18.3 Å². The Bertz CT molecular complexity index is 768. The minimum atomic E-state index is -0.340. The van der Waals surface area contributed by atoms with E-state index >= 15 is 0 Å². The molecule has 1 heterocycles. The summed E-state index contributed by atoms with van der Waals surface area (Å²) in [5.74, 6) is 0. The van der Waals surface area contributed by atoms with Gasteiger partial charge in [-0.15, -0.1) is 0 Å². The number of rotatable bonds is 5. The van der Waals surface area contributed by atoms with E-state index < -0.39 is 0 Å². The molecular formula is C22H28BNO2. The summed E-state index contributed by atoms with van der Waals surface area (Å²) in [6, 6.07) is 19.0. The average Bonchev–Trinajstić information content (AvgIpc) is 2.83. The van der Waals surface area contributed by atoms with E-state index in [1.54, 1.807) is 0 Å². The van der Waals surface area contributed by atoms with Crippen LogP contribution in [0.15, 0.2) is 60.1 Å². The van der Waals surface area contributed by atoms with Crippen LogP contribution in [0.3, 0.4) is 0 Å². The lowest BCUT2D eigenvalue weighted by atomic mass is 9.77. The molecule has 0 saturated carbocycles. The first kappa shape index (κ1) is 18.9.